The number of nitrogens with one attached hydrogen (secondary N) is 1. The summed E-state index contributed by atoms with van der Waals surface area (Å²) in [6.45, 7) is 3.63. The van der Waals surface area contributed by atoms with Gasteiger partial charge >= 0.3 is 0 Å². The highest BCUT2D eigenvalue weighted by Gasteiger charge is 2.47. The number of amides is 1. The average Bonchev–Trinajstić information content (AvgIpc) is 3.37. The standard InChI is InChI=1S/C19H22N2O5S/c1-13-4-6-15(7-5-13)27(23,24)21-10-16-14(12-26-18(16)11-21)9-20-19(22)17-3-2-8-25-17/h2-8,14,16,18H,9-12H2,1H3,(H,20,22)/t14-,16+,18+/m0/s1. The molecule has 0 bridgehead atoms. The van der Waals surface area contributed by atoms with Crippen molar-refractivity contribution in [3.63, 3.8) is 0 Å². The van der Waals surface area contributed by atoms with Crippen LogP contribution in [-0.4, -0.2) is 51.0 Å². The lowest BCUT2D eigenvalue weighted by molar-refractivity contribution is 0.0907. The first-order chi connectivity index (χ1) is 12.9. The maximum Gasteiger partial charge on any atom is 0.286 e. The molecular formula is C19H22N2O5S. The fraction of sp³-hybridized carbons (Fsp3) is 0.421. The number of benzene rings is 1. The third-order valence-electron chi connectivity index (χ3n) is 5.33. The van der Waals surface area contributed by atoms with Crippen molar-refractivity contribution in [2.24, 2.45) is 11.8 Å². The smallest absolute Gasteiger partial charge is 0.286 e. The summed E-state index contributed by atoms with van der Waals surface area (Å²) in [6, 6.07) is 10.1. The van der Waals surface area contributed by atoms with Gasteiger partial charge in [-0.25, -0.2) is 8.42 Å². The minimum Gasteiger partial charge on any atom is -0.459 e. The molecule has 0 aliphatic carbocycles. The molecule has 1 N–H and O–H groups in total. The molecule has 0 unspecified atom stereocenters. The third kappa shape index (κ3) is 3.52. The van der Waals surface area contributed by atoms with Crippen LogP contribution >= 0.6 is 0 Å². The zero-order chi connectivity index (χ0) is 19.0. The van der Waals surface area contributed by atoms with Crippen LogP contribution < -0.4 is 5.32 Å². The summed E-state index contributed by atoms with van der Waals surface area (Å²) < 4.78 is 38.2. The van der Waals surface area contributed by atoms with Gasteiger partial charge in [0, 0.05) is 31.5 Å². The number of rotatable bonds is 5. The number of hydrogen-bond acceptors (Lipinski definition) is 5. The summed E-state index contributed by atoms with van der Waals surface area (Å²) in [5, 5.41) is 2.85. The van der Waals surface area contributed by atoms with E-state index >= 15 is 0 Å². The summed E-state index contributed by atoms with van der Waals surface area (Å²) in [4.78, 5) is 12.3. The van der Waals surface area contributed by atoms with Crippen LogP contribution in [0.15, 0.2) is 52.0 Å². The second-order valence-corrected chi connectivity index (χ2v) is 9.06. The van der Waals surface area contributed by atoms with Gasteiger partial charge in [-0.2, -0.15) is 4.31 Å². The maximum absolute atomic E-state index is 12.9. The van der Waals surface area contributed by atoms with Gasteiger partial charge in [-0.05, 0) is 31.2 Å². The van der Waals surface area contributed by atoms with E-state index in [2.05, 4.69) is 5.32 Å². The van der Waals surface area contributed by atoms with Crippen molar-refractivity contribution < 1.29 is 22.4 Å². The molecule has 1 aromatic carbocycles. The lowest BCUT2D eigenvalue weighted by atomic mass is 9.93. The van der Waals surface area contributed by atoms with E-state index < -0.39 is 10.0 Å². The van der Waals surface area contributed by atoms with Crippen molar-refractivity contribution in [2.45, 2.75) is 17.9 Å². The summed E-state index contributed by atoms with van der Waals surface area (Å²) in [7, 11) is -3.54. The molecule has 8 heteroatoms. The van der Waals surface area contributed by atoms with E-state index in [1.807, 2.05) is 6.92 Å². The molecule has 27 heavy (non-hydrogen) atoms. The molecule has 2 aromatic rings. The number of aryl methyl sites for hydroxylation is 1. The number of fused-ring (bicyclic) bond motifs is 1. The van der Waals surface area contributed by atoms with Crippen LogP contribution in [-0.2, 0) is 14.8 Å². The Morgan fingerprint density at radius 3 is 2.70 bits per heavy atom. The van der Waals surface area contributed by atoms with E-state index in [1.54, 1.807) is 36.4 Å². The van der Waals surface area contributed by atoms with Crippen LogP contribution in [0.1, 0.15) is 16.1 Å². The maximum atomic E-state index is 12.9. The molecule has 1 aromatic heterocycles. The van der Waals surface area contributed by atoms with Crippen LogP contribution in [0.4, 0.5) is 0 Å². The summed E-state index contributed by atoms with van der Waals surface area (Å²) in [6.07, 6.45) is 1.32. The van der Waals surface area contributed by atoms with Crippen LogP contribution in [0.25, 0.3) is 0 Å². The molecule has 0 radical (unpaired) electrons. The molecule has 0 spiro atoms. The summed E-state index contributed by atoms with van der Waals surface area (Å²) >= 11 is 0. The Balaban J connectivity index is 1.40. The summed E-state index contributed by atoms with van der Waals surface area (Å²) in [5.41, 5.74) is 1.02. The first kappa shape index (κ1) is 18.2. The van der Waals surface area contributed by atoms with E-state index in [4.69, 9.17) is 9.15 Å². The molecule has 1 amide bonds. The van der Waals surface area contributed by atoms with Crippen LogP contribution in [0.2, 0.25) is 0 Å². The van der Waals surface area contributed by atoms with Crippen LogP contribution in [0.5, 0.6) is 0 Å². The molecule has 2 fully saturated rings. The lowest BCUT2D eigenvalue weighted by Gasteiger charge is -2.20. The van der Waals surface area contributed by atoms with Crippen molar-refractivity contribution in [3.8, 4) is 0 Å². The second kappa shape index (κ2) is 7.10. The average molecular weight is 390 g/mol. The van der Waals surface area contributed by atoms with Gasteiger partial charge in [0.05, 0.1) is 23.9 Å². The van der Waals surface area contributed by atoms with Gasteiger partial charge in [0.2, 0.25) is 10.0 Å². The van der Waals surface area contributed by atoms with Gasteiger partial charge in [0.15, 0.2) is 5.76 Å². The Hall–Kier alpha value is -2.16. The van der Waals surface area contributed by atoms with E-state index in [-0.39, 0.29) is 29.6 Å². The van der Waals surface area contributed by atoms with Gasteiger partial charge in [-0.15, -0.1) is 0 Å². The minimum atomic E-state index is -3.54. The lowest BCUT2D eigenvalue weighted by Crippen LogP contribution is -2.35. The first-order valence-electron chi connectivity index (χ1n) is 8.95. The summed E-state index contributed by atoms with van der Waals surface area (Å²) in [5.74, 6) is 0.139. The van der Waals surface area contributed by atoms with E-state index in [9.17, 15) is 13.2 Å². The highest BCUT2D eigenvalue weighted by atomic mass is 32.2. The number of nitrogens with zero attached hydrogens (tertiary/aromatic N) is 1. The normalized spacial score (nSPS) is 25.4. The predicted octanol–water partition coefficient (Wildman–Crippen LogP) is 1.65. The number of hydrogen-bond donors (Lipinski definition) is 1. The molecule has 2 aliphatic rings. The number of carbonyl (C=O) groups is 1. The van der Waals surface area contributed by atoms with Gasteiger partial charge in [-0.1, -0.05) is 17.7 Å². The van der Waals surface area contributed by atoms with Crippen molar-refractivity contribution in [3.05, 3.63) is 54.0 Å². The Morgan fingerprint density at radius 2 is 2.00 bits per heavy atom. The molecule has 2 aliphatic heterocycles. The largest absolute Gasteiger partial charge is 0.459 e. The van der Waals surface area contributed by atoms with Crippen LogP contribution in [0, 0.1) is 18.8 Å². The zero-order valence-electron chi connectivity index (χ0n) is 15.0. The first-order valence-corrected chi connectivity index (χ1v) is 10.4. The third-order valence-corrected chi connectivity index (χ3v) is 7.18. The fourth-order valence-corrected chi connectivity index (χ4v) is 5.24. The van der Waals surface area contributed by atoms with Crippen LogP contribution in [0.3, 0.4) is 0 Å². The number of carbonyl (C=O) groups excluding carboxylic acids is 1. The van der Waals surface area contributed by atoms with E-state index in [1.165, 1.54) is 10.6 Å². The fourth-order valence-electron chi connectivity index (χ4n) is 3.75. The Morgan fingerprint density at radius 1 is 1.22 bits per heavy atom. The van der Waals surface area contributed by atoms with Gasteiger partial charge < -0.3 is 14.5 Å². The molecule has 7 nitrogen and oxygen atoms in total. The van der Waals surface area contributed by atoms with E-state index in [0.717, 1.165) is 5.56 Å². The van der Waals surface area contributed by atoms with Crippen molar-refractivity contribution in [2.75, 3.05) is 26.2 Å². The molecule has 0 saturated carbocycles. The van der Waals surface area contributed by atoms with Gasteiger partial charge in [0.1, 0.15) is 0 Å². The van der Waals surface area contributed by atoms with Crippen molar-refractivity contribution in [1.29, 1.82) is 0 Å². The number of ether oxygens (including phenoxy) is 1. The van der Waals surface area contributed by atoms with Crippen molar-refractivity contribution >= 4 is 15.9 Å². The Bertz CT molecular complexity index is 908. The monoisotopic (exact) mass is 390 g/mol. The van der Waals surface area contributed by atoms with Gasteiger partial charge in [0.25, 0.3) is 5.91 Å². The minimum absolute atomic E-state index is 0.0714. The highest BCUT2D eigenvalue weighted by Crippen LogP contribution is 2.36. The molecular weight excluding hydrogens is 368 g/mol. The second-order valence-electron chi connectivity index (χ2n) is 7.12. The quantitative estimate of drug-likeness (QED) is 0.839. The van der Waals surface area contributed by atoms with Crippen molar-refractivity contribution in [1.82, 2.24) is 9.62 Å². The predicted molar refractivity (Wildman–Crippen MR) is 97.7 cm³/mol. The molecule has 3 atom stereocenters. The highest BCUT2D eigenvalue weighted by molar-refractivity contribution is 7.89. The SMILES string of the molecule is Cc1ccc(S(=O)(=O)N2C[C@@H]3[C@@H](CNC(=O)c4ccco4)CO[C@@H]3C2)cc1. The van der Waals surface area contributed by atoms with Gasteiger partial charge in [-0.3, -0.25) is 4.79 Å². The Labute approximate surface area is 158 Å². The van der Waals surface area contributed by atoms with E-state index in [0.29, 0.717) is 31.1 Å². The Kier molecular flexibility index (Phi) is 4.79. The molecule has 4 rings (SSSR count). The molecule has 2 saturated heterocycles. The molecule has 144 valence electrons. The number of sulfonamides is 1. The number of furan rings is 1. The topological polar surface area (TPSA) is 88.9 Å². The molecule has 3 heterocycles. The zero-order valence-corrected chi connectivity index (χ0v) is 15.8.